The lowest BCUT2D eigenvalue weighted by molar-refractivity contribution is -0.114. The van der Waals surface area contributed by atoms with E-state index >= 15 is 0 Å². The van der Waals surface area contributed by atoms with Crippen LogP contribution in [0.25, 0.3) is 0 Å². The number of anilines is 1. The lowest BCUT2D eigenvalue weighted by Gasteiger charge is -2.14. The van der Waals surface area contributed by atoms with Gasteiger partial charge in [0.1, 0.15) is 0 Å². The number of benzene rings is 1. The summed E-state index contributed by atoms with van der Waals surface area (Å²) in [4.78, 5) is 11.0. The van der Waals surface area contributed by atoms with Gasteiger partial charge in [0.2, 0.25) is 5.91 Å². The molecule has 1 atom stereocenters. The van der Waals surface area contributed by atoms with Crippen LogP contribution in [0.5, 0.6) is 0 Å². The highest BCUT2D eigenvalue weighted by atomic mass is 16.1. The third-order valence-corrected chi connectivity index (χ3v) is 2.43. The highest BCUT2D eigenvalue weighted by molar-refractivity contribution is 5.88. The van der Waals surface area contributed by atoms with Crippen LogP contribution >= 0.6 is 0 Å². The number of rotatable bonds is 5. The van der Waals surface area contributed by atoms with Crippen molar-refractivity contribution in [1.29, 1.82) is 0 Å². The Bertz CT molecular complexity index is 420. The quantitative estimate of drug-likeness (QED) is 0.602. The average molecular weight is 230 g/mol. The molecule has 3 heteroatoms. The van der Waals surface area contributed by atoms with Gasteiger partial charge in [-0.1, -0.05) is 12.1 Å². The van der Waals surface area contributed by atoms with Gasteiger partial charge in [0.15, 0.2) is 0 Å². The largest absolute Gasteiger partial charge is 0.326 e. The summed E-state index contributed by atoms with van der Waals surface area (Å²) in [6, 6.07) is 8.02. The molecule has 0 spiro atoms. The van der Waals surface area contributed by atoms with Gasteiger partial charge in [-0.2, -0.15) is 0 Å². The van der Waals surface area contributed by atoms with E-state index in [9.17, 15) is 4.79 Å². The van der Waals surface area contributed by atoms with E-state index in [2.05, 4.69) is 23.5 Å². The fourth-order valence-corrected chi connectivity index (χ4v) is 1.57. The van der Waals surface area contributed by atoms with E-state index in [1.54, 1.807) is 0 Å². The fraction of sp³-hybridized carbons (Fsp3) is 0.357. The van der Waals surface area contributed by atoms with Crippen LogP contribution in [0.2, 0.25) is 0 Å². The normalized spacial score (nSPS) is 11.6. The van der Waals surface area contributed by atoms with Crippen molar-refractivity contribution in [3.63, 3.8) is 0 Å². The predicted octanol–water partition coefficient (Wildman–Crippen LogP) is 2.32. The molecule has 0 saturated heterocycles. The monoisotopic (exact) mass is 230 g/mol. The summed E-state index contributed by atoms with van der Waals surface area (Å²) in [6.07, 6.45) is 5.91. The van der Waals surface area contributed by atoms with Crippen molar-refractivity contribution in [2.24, 2.45) is 0 Å². The molecular weight excluding hydrogens is 212 g/mol. The Morgan fingerprint density at radius 2 is 2.29 bits per heavy atom. The van der Waals surface area contributed by atoms with Gasteiger partial charge in [-0.25, -0.2) is 0 Å². The Hall–Kier alpha value is -1.79. The minimum atomic E-state index is -0.0601. The topological polar surface area (TPSA) is 41.1 Å². The number of terminal acetylenes is 1. The van der Waals surface area contributed by atoms with E-state index in [1.807, 2.05) is 24.3 Å². The van der Waals surface area contributed by atoms with Gasteiger partial charge in [-0.3, -0.25) is 4.79 Å². The summed E-state index contributed by atoms with van der Waals surface area (Å²) in [6.45, 7) is 4.37. The molecule has 0 bridgehead atoms. The molecule has 1 rings (SSSR count). The minimum Gasteiger partial charge on any atom is -0.326 e. The summed E-state index contributed by atoms with van der Waals surface area (Å²) in [5.74, 6) is 2.53. The van der Waals surface area contributed by atoms with Gasteiger partial charge in [0.25, 0.3) is 0 Å². The van der Waals surface area contributed by atoms with Crippen LogP contribution in [0, 0.1) is 12.3 Å². The molecular formula is C14H18N2O. The summed E-state index contributed by atoms with van der Waals surface area (Å²) in [7, 11) is 0. The first-order valence-corrected chi connectivity index (χ1v) is 5.68. The molecule has 0 saturated carbocycles. The SMILES string of the molecule is C#CCCNC(C)c1cccc(NC(C)=O)c1. The first-order chi connectivity index (χ1) is 8.13. The molecule has 1 unspecified atom stereocenters. The number of hydrogen-bond acceptors (Lipinski definition) is 2. The summed E-state index contributed by atoms with van der Waals surface area (Å²) in [5.41, 5.74) is 1.95. The van der Waals surface area contributed by atoms with Crippen LogP contribution in [-0.4, -0.2) is 12.5 Å². The molecule has 0 aliphatic rings. The van der Waals surface area contributed by atoms with Crippen LogP contribution in [0.4, 0.5) is 5.69 Å². The van der Waals surface area contributed by atoms with E-state index in [0.717, 1.165) is 24.2 Å². The van der Waals surface area contributed by atoms with Gasteiger partial charge in [-0.15, -0.1) is 12.3 Å². The maximum absolute atomic E-state index is 11.0. The zero-order valence-electron chi connectivity index (χ0n) is 10.3. The smallest absolute Gasteiger partial charge is 0.221 e. The Labute approximate surface area is 103 Å². The van der Waals surface area contributed by atoms with Crippen molar-refractivity contribution in [2.45, 2.75) is 26.3 Å². The van der Waals surface area contributed by atoms with Crippen LogP contribution in [0.15, 0.2) is 24.3 Å². The van der Waals surface area contributed by atoms with Crippen molar-refractivity contribution in [3.8, 4) is 12.3 Å². The summed E-state index contributed by atoms with van der Waals surface area (Å²) >= 11 is 0. The second-order valence-electron chi connectivity index (χ2n) is 3.94. The minimum absolute atomic E-state index is 0.0601. The molecule has 90 valence electrons. The molecule has 0 aliphatic carbocycles. The summed E-state index contributed by atoms with van der Waals surface area (Å²) in [5, 5.41) is 6.09. The van der Waals surface area contributed by atoms with Gasteiger partial charge >= 0.3 is 0 Å². The Kier molecular flexibility index (Phi) is 5.25. The number of hydrogen-bond donors (Lipinski definition) is 2. The number of carbonyl (C=O) groups is 1. The first-order valence-electron chi connectivity index (χ1n) is 5.68. The molecule has 3 nitrogen and oxygen atoms in total. The van der Waals surface area contributed by atoms with Gasteiger partial charge in [0.05, 0.1) is 0 Å². The molecule has 1 aromatic rings. The van der Waals surface area contributed by atoms with E-state index in [4.69, 9.17) is 6.42 Å². The van der Waals surface area contributed by atoms with E-state index in [1.165, 1.54) is 6.92 Å². The molecule has 0 radical (unpaired) electrons. The molecule has 1 amide bonds. The average Bonchev–Trinajstić information content (AvgIpc) is 2.28. The maximum Gasteiger partial charge on any atom is 0.221 e. The van der Waals surface area contributed by atoms with Crippen LogP contribution in [0.3, 0.4) is 0 Å². The standard InChI is InChI=1S/C14H18N2O/c1-4-5-9-15-11(2)13-7-6-8-14(10-13)16-12(3)17/h1,6-8,10-11,15H,5,9H2,2-3H3,(H,16,17). The van der Waals surface area contributed by atoms with Crippen LogP contribution in [-0.2, 0) is 4.79 Å². The van der Waals surface area contributed by atoms with Crippen LogP contribution in [0.1, 0.15) is 31.9 Å². The van der Waals surface area contributed by atoms with Crippen molar-refractivity contribution >= 4 is 11.6 Å². The van der Waals surface area contributed by atoms with Crippen molar-refractivity contribution < 1.29 is 4.79 Å². The zero-order valence-corrected chi connectivity index (χ0v) is 10.3. The van der Waals surface area contributed by atoms with Crippen molar-refractivity contribution in [3.05, 3.63) is 29.8 Å². The third-order valence-electron chi connectivity index (χ3n) is 2.43. The van der Waals surface area contributed by atoms with Gasteiger partial charge in [-0.05, 0) is 24.6 Å². The summed E-state index contributed by atoms with van der Waals surface area (Å²) < 4.78 is 0. The fourth-order valence-electron chi connectivity index (χ4n) is 1.57. The Morgan fingerprint density at radius 1 is 1.53 bits per heavy atom. The molecule has 2 N–H and O–H groups in total. The molecule has 17 heavy (non-hydrogen) atoms. The Balaban J connectivity index is 2.64. The number of nitrogens with one attached hydrogen (secondary N) is 2. The first kappa shape index (κ1) is 13.3. The predicted molar refractivity (Wildman–Crippen MR) is 70.6 cm³/mol. The molecule has 0 aliphatic heterocycles. The molecule has 1 aromatic carbocycles. The molecule has 0 heterocycles. The van der Waals surface area contributed by atoms with Gasteiger partial charge < -0.3 is 10.6 Å². The van der Waals surface area contributed by atoms with Gasteiger partial charge in [0, 0.05) is 31.6 Å². The highest BCUT2D eigenvalue weighted by Gasteiger charge is 2.05. The maximum atomic E-state index is 11.0. The zero-order chi connectivity index (χ0) is 12.7. The van der Waals surface area contributed by atoms with E-state index in [-0.39, 0.29) is 11.9 Å². The van der Waals surface area contributed by atoms with E-state index < -0.39 is 0 Å². The number of amides is 1. The van der Waals surface area contributed by atoms with Crippen molar-refractivity contribution in [2.75, 3.05) is 11.9 Å². The van der Waals surface area contributed by atoms with Crippen molar-refractivity contribution in [1.82, 2.24) is 5.32 Å². The lowest BCUT2D eigenvalue weighted by atomic mass is 10.1. The second kappa shape index (κ2) is 6.72. The van der Waals surface area contributed by atoms with E-state index in [0.29, 0.717) is 0 Å². The second-order valence-corrected chi connectivity index (χ2v) is 3.94. The Morgan fingerprint density at radius 3 is 2.94 bits per heavy atom. The third kappa shape index (κ3) is 4.71. The lowest BCUT2D eigenvalue weighted by Crippen LogP contribution is -2.19. The van der Waals surface area contributed by atoms with Crippen LogP contribution < -0.4 is 10.6 Å². The number of carbonyl (C=O) groups excluding carboxylic acids is 1. The highest BCUT2D eigenvalue weighted by Crippen LogP contribution is 2.17. The molecule has 0 fully saturated rings. The molecule has 0 aromatic heterocycles.